The fourth-order valence-corrected chi connectivity index (χ4v) is 3.32. The lowest BCUT2D eigenvalue weighted by Gasteiger charge is -2.25. The van der Waals surface area contributed by atoms with Crippen LogP contribution in [-0.2, 0) is 17.5 Å². The summed E-state index contributed by atoms with van der Waals surface area (Å²) in [5.41, 5.74) is 3.05. The predicted octanol–water partition coefficient (Wildman–Crippen LogP) is 4.51. The standard InChI is InChI=1S/C21H25N5/c1-20(2,3)25-14-17-8-6-7-15(19(17)24-25)11-21(4,5)26-13-16-9-10-22-12-18(16)23-26/h6-10,12-14H,11H2,1-5H3. The summed E-state index contributed by atoms with van der Waals surface area (Å²) < 4.78 is 4.11. The fraction of sp³-hybridized carbons (Fsp3) is 0.381. The molecule has 0 atom stereocenters. The minimum absolute atomic E-state index is 0.0293. The van der Waals surface area contributed by atoms with Crippen molar-refractivity contribution in [2.45, 2.75) is 52.1 Å². The summed E-state index contributed by atoms with van der Waals surface area (Å²) in [7, 11) is 0. The second-order valence-corrected chi connectivity index (χ2v) is 8.60. The van der Waals surface area contributed by atoms with Gasteiger partial charge in [0.25, 0.3) is 0 Å². The molecule has 4 aromatic rings. The minimum Gasteiger partial charge on any atom is -0.266 e. The summed E-state index contributed by atoms with van der Waals surface area (Å²) in [5.74, 6) is 0. The molecule has 134 valence electrons. The van der Waals surface area contributed by atoms with Crippen molar-refractivity contribution in [1.82, 2.24) is 24.5 Å². The molecule has 0 saturated carbocycles. The fourth-order valence-electron chi connectivity index (χ4n) is 3.32. The van der Waals surface area contributed by atoms with Crippen LogP contribution in [0, 0.1) is 0 Å². The van der Waals surface area contributed by atoms with E-state index in [0.717, 1.165) is 22.8 Å². The Labute approximate surface area is 153 Å². The molecule has 4 rings (SSSR count). The van der Waals surface area contributed by atoms with Gasteiger partial charge in [-0.2, -0.15) is 10.2 Å². The number of benzene rings is 1. The Morgan fingerprint density at radius 2 is 1.65 bits per heavy atom. The minimum atomic E-state index is -0.168. The van der Waals surface area contributed by atoms with Crippen molar-refractivity contribution in [3.8, 4) is 0 Å². The van der Waals surface area contributed by atoms with Gasteiger partial charge in [0.2, 0.25) is 0 Å². The largest absolute Gasteiger partial charge is 0.266 e. The Balaban J connectivity index is 1.74. The molecule has 0 aliphatic carbocycles. The normalized spacial score (nSPS) is 13.0. The topological polar surface area (TPSA) is 48.5 Å². The van der Waals surface area contributed by atoms with Gasteiger partial charge in [-0.15, -0.1) is 0 Å². The molecule has 5 nitrogen and oxygen atoms in total. The van der Waals surface area contributed by atoms with Crippen molar-refractivity contribution < 1.29 is 0 Å². The van der Waals surface area contributed by atoms with E-state index in [1.54, 1.807) is 6.20 Å². The van der Waals surface area contributed by atoms with Crippen LogP contribution in [0.2, 0.25) is 0 Å². The van der Waals surface area contributed by atoms with E-state index >= 15 is 0 Å². The Morgan fingerprint density at radius 1 is 0.885 bits per heavy atom. The lowest BCUT2D eigenvalue weighted by atomic mass is 9.94. The van der Waals surface area contributed by atoms with Gasteiger partial charge in [-0.3, -0.25) is 14.3 Å². The van der Waals surface area contributed by atoms with Gasteiger partial charge < -0.3 is 0 Å². The Hall–Kier alpha value is -2.69. The highest BCUT2D eigenvalue weighted by Crippen LogP contribution is 2.28. The van der Waals surface area contributed by atoms with Crippen LogP contribution in [-0.4, -0.2) is 24.5 Å². The van der Waals surface area contributed by atoms with E-state index in [1.807, 2.05) is 12.3 Å². The molecule has 0 amide bonds. The maximum atomic E-state index is 4.88. The van der Waals surface area contributed by atoms with Crippen LogP contribution in [0.5, 0.6) is 0 Å². The molecule has 0 spiro atoms. The third-order valence-corrected chi connectivity index (χ3v) is 4.86. The van der Waals surface area contributed by atoms with Gasteiger partial charge >= 0.3 is 0 Å². The van der Waals surface area contributed by atoms with E-state index in [-0.39, 0.29) is 11.1 Å². The van der Waals surface area contributed by atoms with Gasteiger partial charge in [-0.05, 0) is 52.7 Å². The molecule has 0 fully saturated rings. The quantitative estimate of drug-likeness (QED) is 0.548. The summed E-state index contributed by atoms with van der Waals surface area (Å²) in [5, 5.41) is 11.9. The van der Waals surface area contributed by atoms with Gasteiger partial charge in [0.05, 0.1) is 22.8 Å². The summed E-state index contributed by atoms with van der Waals surface area (Å²) in [4.78, 5) is 4.17. The van der Waals surface area contributed by atoms with Gasteiger partial charge in [0.15, 0.2) is 0 Å². The number of hydrogen-bond acceptors (Lipinski definition) is 3. The van der Waals surface area contributed by atoms with Crippen LogP contribution in [0.3, 0.4) is 0 Å². The summed E-state index contributed by atoms with van der Waals surface area (Å²) in [6.45, 7) is 10.9. The Morgan fingerprint density at radius 3 is 2.38 bits per heavy atom. The molecule has 0 bridgehead atoms. The van der Waals surface area contributed by atoms with Crippen LogP contribution in [0.15, 0.2) is 49.1 Å². The number of rotatable bonds is 3. The van der Waals surface area contributed by atoms with E-state index in [1.165, 1.54) is 10.9 Å². The van der Waals surface area contributed by atoms with Crippen molar-refractivity contribution in [3.63, 3.8) is 0 Å². The van der Waals surface area contributed by atoms with E-state index in [4.69, 9.17) is 10.2 Å². The SMILES string of the molecule is CC(C)(C)n1cc2cccc(CC(C)(C)n3cc4ccncc4n3)c2n1. The molecular weight excluding hydrogens is 322 g/mol. The highest BCUT2D eigenvalue weighted by molar-refractivity contribution is 5.81. The van der Waals surface area contributed by atoms with Crippen molar-refractivity contribution in [1.29, 1.82) is 0 Å². The first-order valence-electron chi connectivity index (χ1n) is 9.02. The molecule has 3 aromatic heterocycles. The maximum absolute atomic E-state index is 4.88. The molecule has 0 radical (unpaired) electrons. The van der Waals surface area contributed by atoms with Crippen molar-refractivity contribution in [2.75, 3.05) is 0 Å². The van der Waals surface area contributed by atoms with E-state index in [2.05, 4.69) is 79.6 Å². The van der Waals surface area contributed by atoms with Crippen molar-refractivity contribution in [2.24, 2.45) is 0 Å². The van der Waals surface area contributed by atoms with Crippen LogP contribution < -0.4 is 0 Å². The van der Waals surface area contributed by atoms with Crippen molar-refractivity contribution in [3.05, 3.63) is 54.6 Å². The van der Waals surface area contributed by atoms with Crippen molar-refractivity contribution >= 4 is 21.8 Å². The number of aromatic nitrogens is 5. The predicted molar refractivity (Wildman–Crippen MR) is 105 cm³/mol. The molecule has 0 unspecified atom stereocenters. The van der Waals surface area contributed by atoms with E-state index in [9.17, 15) is 0 Å². The average molecular weight is 347 g/mol. The van der Waals surface area contributed by atoms with Gasteiger partial charge in [0, 0.05) is 29.4 Å². The maximum Gasteiger partial charge on any atom is 0.111 e. The molecule has 0 saturated heterocycles. The number of pyridine rings is 1. The zero-order chi connectivity index (χ0) is 18.5. The average Bonchev–Trinajstić information content (AvgIpc) is 3.19. The first-order valence-corrected chi connectivity index (χ1v) is 9.02. The summed E-state index contributed by atoms with van der Waals surface area (Å²) in [6, 6.07) is 8.43. The summed E-state index contributed by atoms with van der Waals surface area (Å²) >= 11 is 0. The van der Waals surface area contributed by atoms with E-state index in [0.29, 0.717) is 0 Å². The lowest BCUT2D eigenvalue weighted by molar-refractivity contribution is 0.319. The van der Waals surface area contributed by atoms with Gasteiger partial charge in [0.1, 0.15) is 5.52 Å². The molecule has 3 heterocycles. The lowest BCUT2D eigenvalue weighted by Crippen LogP contribution is -2.29. The van der Waals surface area contributed by atoms with Crippen LogP contribution in [0.25, 0.3) is 21.8 Å². The third-order valence-electron chi connectivity index (χ3n) is 4.86. The molecule has 26 heavy (non-hydrogen) atoms. The second kappa shape index (κ2) is 5.66. The Kier molecular flexibility index (Phi) is 3.65. The zero-order valence-electron chi connectivity index (χ0n) is 16.1. The highest BCUT2D eigenvalue weighted by Gasteiger charge is 2.24. The first kappa shape index (κ1) is 16.8. The number of nitrogens with zero attached hydrogens (tertiary/aromatic N) is 5. The number of fused-ring (bicyclic) bond motifs is 2. The molecule has 0 aliphatic rings. The summed E-state index contributed by atoms with van der Waals surface area (Å²) in [6.07, 6.45) is 8.71. The van der Waals surface area contributed by atoms with Crippen LogP contribution >= 0.6 is 0 Å². The van der Waals surface area contributed by atoms with Crippen LogP contribution in [0.4, 0.5) is 0 Å². The van der Waals surface area contributed by atoms with Gasteiger partial charge in [-0.25, -0.2) is 0 Å². The molecule has 5 heteroatoms. The second-order valence-electron chi connectivity index (χ2n) is 8.60. The van der Waals surface area contributed by atoms with Gasteiger partial charge in [-0.1, -0.05) is 18.2 Å². The Bertz CT molecular complexity index is 1050. The molecule has 0 N–H and O–H groups in total. The third kappa shape index (κ3) is 2.87. The number of hydrogen-bond donors (Lipinski definition) is 0. The zero-order valence-corrected chi connectivity index (χ0v) is 16.1. The molecular formula is C21H25N5. The highest BCUT2D eigenvalue weighted by atomic mass is 15.3. The molecule has 1 aromatic carbocycles. The monoisotopic (exact) mass is 347 g/mol. The van der Waals surface area contributed by atoms with E-state index < -0.39 is 0 Å². The molecule has 0 aliphatic heterocycles. The van der Waals surface area contributed by atoms with Crippen LogP contribution in [0.1, 0.15) is 40.2 Å². The first-order chi connectivity index (χ1) is 12.2. The smallest absolute Gasteiger partial charge is 0.111 e.